The maximum absolute atomic E-state index is 11.6. The van der Waals surface area contributed by atoms with E-state index in [1.165, 1.54) is 15.8 Å². The van der Waals surface area contributed by atoms with Crippen molar-refractivity contribution in [1.29, 1.82) is 0 Å². The zero-order chi connectivity index (χ0) is 19.1. The summed E-state index contributed by atoms with van der Waals surface area (Å²) in [6, 6.07) is 12.7. The molecule has 3 aromatic rings. The molecule has 3 heterocycles. The van der Waals surface area contributed by atoms with Crippen LogP contribution in [0.5, 0.6) is 0 Å². The molecule has 0 aliphatic carbocycles. The molecule has 2 N–H and O–H groups in total. The Morgan fingerprint density at radius 3 is 3.11 bits per heavy atom. The highest BCUT2D eigenvalue weighted by molar-refractivity contribution is 7.13. The molecule has 28 heavy (non-hydrogen) atoms. The second kappa shape index (κ2) is 7.44. The fraction of sp³-hybridized carbons (Fsp3) is 0.333. The lowest BCUT2D eigenvalue weighted by molar-refractivity contribution is -0.115. The molecule has 0 bridgehead atoms. The molecule has 7 heteroatoms. The third-order valence-corrected chi connectivity index (χ3v) is 6.83. The van der Waals surface area contributed by atoms with Gasteiger partial charge in [0.05, 0.1) is 22.9 Å². The SMILES string of the molecule is O=C1Cc2cc(CCN3CCNCC3c3nsc4ccccc34)c(Cl)cc2N1. The summed E-state index contributed by atoms with van der Waals surface area (Å²) in [6.45, 7) is 3.79. The summed E-state index contributed by atoms with van der Waals surface area (Å²) in [5.41, 5.74) is 4.18. The second-order valence-corrected chi connectivity index (χ2v) is 8.61. The molecule has 0 saturated carbocycles. The van der Waals surface area contributed by atoms with E-state index >= 15 is 0 Å². The zero-order valence-electron chi connectivity index (χ0n) is 15.4. The molecule has 2 aliphatic rings. The lowest BCUT2D eigenvalue weighted by Gasteiger charge is -2.35. The predicted octanol–water partition coefficient (Wildman–Crippen LogP) is 3.63. The van der Waals surface area contributed by atoms with Crippen molar-refractivity contribution in [3.8, 4) is 0 Å². The molecule has 1 amide bonds. The summed E-state index contributed by atoms with van der Waals surface area (Å²) in [4.78, 5) is 14.1. The molecular formula is C21H21ClN4OS. The van der Waals surface area contributed by atoms with Gasteiger partial charge in [-0.2, -0.15) is 4.37 Å². The van der Waals surface area contributed by atoms with Crippen LogP contribution in [0.2, 0.25) is 5.02 Å². The van der Waals surface area contributed by atoms with Crippen LogP contribution in [0.25, 0.3) is 10.1 Å². The number of anilines is 1. The zero-order valence-corrected chi connectivity index (χ0v) is 16.9. The van der Waals surface area contributed by atoms with Crippen molar-refractivity contribution < 1.29 is 4.79 Å². The first-order valence-electron chi connectivity index (χ1n) is 9.59. The van der Waals surface area contributed by atoms with Gasteiger partial charge in [-0.25, -0.2) is 0 Å². The number of carbonyl (C=O) groups excluding carboxylic acids is 1. The van der Waals surface area contributed by atoms with Crippen LogP contribution in [0.3, 0.4) is 0 Å². The van der Waals surface area contributed by atoms with Crippen LogP contribution in [0, 0.1) is 0 Å². The smallest absolute Gasteiger partial charge is 0.228 e. The van der Waals surface area contributed by atoms with E-state index in [-0.39, 0.29) is 11.9 Å². The number of nitrogens with one attached hydrogen (secondary N) is 2. The third kappa shape index (κ3) is 3.31. The van der Waals surface area contributed by atoms with E-state index in [0.717, 1.165) is 54.4 Å². The number of carbonyl (C=O) groups is 1. The van der Waals surface area contributed by atoms with Gasteiger partial charge in [0.1, 0.15) is 0 Å². The number of amides is 1. The lowest BCUT2D eigenvalue weighted by Crippen LogP contribution is -2.46. The molecule has 0 spiro atoms. The standard InChI is InChI=1S/C21H21ClN4OS/c22-16-11-17-14(10-20(27)24-17)9-13(16)5-7-26-8-6-23-12-18(26)21-15-3-1-2-4-19(15)28-25-21/h1-4,9,11,18,23H,5-8,10,12H2,(H,24,27). The average molecular weight is 413 g/mol. The maximum Gasteiger partial charge on any atom is 0.228 e. The molecule has 144 valence electrons. The van der Waals surface area contributed by atoms with Gasteiger partial charge in [0.25, 0.3) is 0 Å². The summed E-state index contributed by atoms with van der Waals surface area (Å²) < 4.78 is 6.02. The number of halogens is 1. The van der Waals surface area contributed by atoms with Gasteiger partial charge in [-0.05, 0) is 41.2 Å². The van der Waals surface area contributed by atoms with Gasteiger partial charge < -0.3 is 10.6 Å². The highest BCUT2D eigenvalue weighted by Crippen LogP contribution is 2.33. The Kier molecular flexibility index (Phi) is 4.80. The van der Waals surface area contributed by atoms with E-state index in [0.29, 0.717) is 6.42 Å². The quantitative estimate of drug-likeness (QED) is 0.687. The number of nitrogens with zero attached hydrogens (tertiary/aromatic N) is 2. The van der Waals surface area contributed by atoms with E-state index in [4.69, 9.17) is 16.0 Å². The van der Waals surface area contributed by atoms with Crippen LogP contribution in [0.4, 0.5) is 5.69 Å². The van der Waals surface area contributed by atoms with Gasteiger partial charge in [-0.15, -0.1) is 0 Å². The minimum atomic E-state index is 0.0424. The Hall–Kier alpha value is -1.99. The lowest BCUT2D eigenvalue weighted by atomic mass is 10.0. The molecule has 1 atom stereocenters. The van der Waals surface area contributed by atoms with E-state index in [1.807, 2.05) is 6.07 Å². The van der Waals surface area contributed by atoms with Gasteiger partial charge in [0.2, 0.25) is 5.91 Å². The number of piperazine rings is 1. The summed E-state index contributed by atoms with van der Waals surface area (Å²) in [7, 11) is 0. The molecule has 1 unspecified atom stereocenters. The molecular weight excluding hydrogens is 392 g/mol. The molecule has 1 fully saturated rings. The monoisotopic (exact) mass is 412 g/mol. The normalized spacial score (nSPS) is 19.8. The highest BCUT2D eigenvalue weighted by atomic mass is 35.5. The molecule has 2 aliphatic heterocycles. The Morgan fingerprint density at radius 1 is 1.29 bits per heavy atom. The van der Waals surface area contributed by atoms with Crippen molar-refractivity contribution in [2.45, 2.75) is 18.9 Å². The van der Waals surface area contributed by atoms with Gasteiger partial charge in [0, 0.05) is 42.3 Å². The fourth-order valence-corrected chi connectivity index (χ4v) is 5.27. The first kappa shape index (κ1) is 18.1. The minimum Gasteiger partial charge on any atom is -0.325 e. The largest absolute Gasteiger partial charge is 0.325 e. The van der Waals surface area contributed by atoms with Crippen LogP contribution in [-0.2, 0) is 17.6 Å². The number of hydrogen-bond donors (Lipinski definition) is 2. The van der Waals surface area contributed by atoms with Crippen LogP contribution in [0.15, 0.2) is 36.4 Å². The van der Waals surface area contributed by atoms with Crippen LogP contribution < -0.4 is 10.6 Å². The Balaban J connectivity index is 1.37. The van der Waals surface area contributed by atoms with Crippen molar-refractivity contribution in [2.75, 3.05) is 31.5 Å². The number of benzene rings is 2. The molecule has 0 radical (unpaired) electrons. The van der Waals surface area contributed by atoms with Crippen molar-refractivity contribution >= 4 is 44.8 Å². The van der Waals surface area contributed by atoms with Gasteiger partial charge in [-0.3, -0.25) is 9.69 Å². The van der Waals surface area contributed by atoms with E-state index in [2.05, 4.69) is 45.9 Å². The average Bonchev–Trinajstić information content (AvgIpc) is 3.28. The molecule has 1 saturated heterocycles. The summed E-state index contributed by atoms with van der Waals surface area (Å²) in [5.74, 6) is 0.0424. The third-order valence-electron chi connectivity index (χ3n) is 5.64. The Bertz CT molecular complexity index is 1050. The molecule has 5 rings (SSSR count). The topological polar surface area (TPSA) is 57.3 Å². The maximum atomic E-state index is 11.6. The summed E-state index contributed by atoms with van der Waals surface area (Å²) in [5, 5.41) is 8.37. The summed E-state index contributed by atoms with van der Waals surface area (Å²) >= 11 is 8.07. The first-order chi connectivity index (χ1) is 13.7. The molecule has 1 aromatic heterocycles. The van der Waals surface area contributed by atoms with Gasteiger partial charge >= 0.3 is 0 Å². The number of fused-ring (bicyclic) bond motifs is 2. The van der Waals surface area contributed by atoms with Crippen molar-refractivity contribution in [3.63, 3.8) is 0 Å². The number of hydrogen-bond acceptors (Lipinski definition) is 5. The first-order valence-corrected chi connectivity index (χ1v) is 10.7. The van der Waals surface area contributed by atoms with Crippen molar-refractivity contribution in [3.05, 3.63) is 58.2 Å². The van der Waals surface area contributed by atoms with Gasteiger partial charge in [0.15, 0.2) is 0 Å². The molecule has 5 nitrogen and oxygen atoms in total. The van der Waals surface area contributed by atoms with Gasteiger partial charge in [-0.1, -0.05) is 35.9 Å². The highest BCUT2D eigenvalue weighted by Gasteiger charge is 2.27. The van der Waals surface area contributed by atoms with Crippen molar-refractivity contribution in [1.82, 2.24) is 14.6 Å². The fourth-order valence-electron chi connectivity index (χ4n) is 4.18. The minimum absolute atomic E-state index is 0.0424. The second-order valence-electron chi connectivity index (χ2n) is 7.40. The Morgan fingerprint density at radius 2 is 2.18 bits per heavy atom. The van der Waals surface area contributed by atoms with E-state index in [9.17, 15) is 4.79 Å². The Labute approximate surface area is 172 Å². The number of aromatic nitrogens is 1. The van der Waals surface area contributed by atoms with Crippen LogP contribution in [0.1, 0.15) is 22.9 Å². The van der Waals surface area contributed by atoms with Crippen molar-refractivity contribution in [2.24, 2.45) is 0 Å². The van der Waals surface area contributed by atoms with E-state index in [1.54, 1.807) is 11.5 Å². The van der Waals surface area contributed by atoms with Crippen LogP contribution >= 0.6 is 23.1 Å². The summed E-state index contributed by atoms with van der Waals surface area (Å²) in [6.07, 6.45) is 1.31. The number of rotatable bonds is 4. The molecule has 2 aromatic carbocycles. The van der Waals surface area contributed by atoms with Crippen LogP contribution in [-0.4, -0.2) is 41.4 Å². The predicted molar refractivity (Wildman–Crippen MR) is 114 cm³/mol. The van der Waals surface area contributed by atoms with E-state index < -0.39 is 0 Å².